The number of esters is 1. The topological polar surface area (TPSA) is 26.3 Å². The fraction of sp³-hybridized carbons (Fsp3) is 0.978. The minimum Gasteiger partial charge on any atom is -1.00 e. The van der Waals surface area contributed by atoms with Crippen molar-refractivity contribution in [1.29, 1.82) is 0 Å². The van der Waals surface area contributed by atoms with E-state index >= 15 is 0 Å². The first kappa shape index (κ1) is 50.8. The number of carbonyl (C=O) groups is 1. The smallest absolute Gasteiger partial charge is 0.306 e. The number of quaternary nitrogens is 1. The number of nitrogens with zero attached hydrogens (tertiary/aromatic N) is 1. The summed E-state index contributed by atoms with van der Waals surface area (Å²) in [5.74, 6) is 0.0764. The van der Waals surface area contributed by atoms with Crippen LogP contribution in [0.3, 0.4) is 0 Å². The third-order valence-corrected chi connectivity index (χ3v) is 10.9. The second-order valence-electron chi connectivity index (χ2n) is 16.2. The van der Waals surface area contributed by atoms with E-state index in [0.717, 1.165) is 23.9 Å². The van der Waals surface area contributed by atoms with Crippen molar-refractivity contribution in [2.45, 2.75) is 259 Å². The molecule has 0 rings (SSSR count). The first-order chi connectivity index (χ1) is 23.5. The Bertz CT molecular complexity index is 626. The van der Waals surface area contributed by atoms with Gasteiger partial charge in [0.05, 0.1) is 20.1 Å². The number of hydrogen-bond donors (Lipinski definition) is 0. The van der Waals surface area contributed by atoms with Crippen LogP contribution < -0.4 is 12.4 Å². The molecule has 0 aliphatic rings. The van der Waals surface area contributed by atoms with Crippen LogP contribution in [0.1, 0.15) is 252 Å². The van der Waals surface area contributed by atoms with Crippen LogP contribution >= 0.6 is 0 Å². The van der Waals surface area contributed by atoms with Gasteiger partial charge in [-0.1, -0.05) is 201 Å². The number of halogens is 1. The Kier molecular flexibility index (Phi) is 42.0. The molecule has 0 fully saturated rings. The van der Waals surface area contributed by atoms with Gasteiger partial charge in [0.25, 0.3) is 0 Å². The summed E-state index contributed by atoms with van der Waals surface area (Å²) in [4.78, 5) is 13.2. The molecule has 0 aromatic rings. The van der Waals surface area contributed by atoms with Gasteiger partial charge in [0.15, 0.2) is 6.10 Å². The van der Waals surface area contributed by atoms with E-state index in [1.165, 1.54) is 219 Å². The Balaban J connectivity index is 0. The van der Waals surface area contributed by atoms with Crippen LogP contribution in [0.2, 0.25) is 0 Å². The van der Waals surface area contributed by atoms with Crippen LogP contribution in [0, 0.1) is 0 Å². The van der Waals surface area contributed by atoms with Crippen molar-refractivity contribution < 1.29 is 26.4 Å². The van der Waals surface area contributed by atoms with Crippen molar-refractivity contribution in [2.24, 2.45) is 0 Å². The zero-order valence-electron chi connectivity index (χ0n) is 34.6. The van der Waals surface area contributed by atoms with Crippen molar-refractivity contribution in [3.05, 3.63) is 0 Å². The van der Waals surface area contributed by atoms with Gasteiger partial charge in [-0.3, -0.25) is 4.79 Å². The highest BCUT2D eigenvalue weighted by molar-refractivity contribution is 5.69. The standard InChI is InChI=1S/C45H92NO2.ClH/c1-6-10-14-18-22-24-25-26-28-29-31-35-39-44(48-45(47)40-36-32-30-27-23-19-15-11-7-2)43-46(5,41-37-33-20-16-12-8-3)42-38-34-21-17-13-9-4;/h44H,6-43H2,1-5H3;1H/q+1;/p-1. The van der Waals surface area contributed by atoms with Gasteiger partial charge in [0, 0.05) is 6.42 Å². The van der Waals surface area contributed by atoms with Gasteiger partial charge in [0.2, 0.25) is 0 Å². The lowest BCUT2D eigenvalue weighted by Gasteiger charge is -2.37. The molecule has 0 saturated heterocycles. The quantitative estimate of drug-likeness (QED) is 0.0359. The number of rotatable bonds is 40. The van der Waals surface area contributed by atoms with Gasteiger partial charge in [-0.2, -0.15) is 0 Å². The van der Waals surface area contributed by atoms with E-state index in [1.807, 2.05) is 0 Å². The molecule has 0 spiro atoms. The molecule has 1 atom stereocenters. The molecule has 0 aromatic heterocycles. The fourth-order valence-corrected chi connectivity index (χ4v) is 7.56. The SMILES string of the molecule is CCCCCCCCCCCCCCC(C[N+](C)(CCCCCCCC)CCCCCCCC)OC(=O)CCCCCCCCCCC.[Cl-]. The molecule has 4 heteroatoms. The summed E-state index contributed by atoms with van der Waals surface area (Å²) in [6.45, 7) is 12.7. The van der Waals surface area contributed by atoms with Crippen LogP contribution in [0.5, 0.6) is 0 Å². The molecule has 0 aliphatic carbocycles. The second-order valence-corrected chi connectivity index (χ2v) is 16.2. The molecule has 3 nitrogen and oxygen atoms in total. The van der Waals surface area contributed by atoms with Gasteiger partial charge in [-0.05, 0) is 44.9 Å². The highest BCUT2D eigenvalue weighted by Crippen LogP contribution is 2.20. The molecule has 0 aromatic carbocycles. The van der Waals surface area contributed by atoms with E-state index in [4.69, 9.17) is 4.74 Å². The maximum atomic E-state index is 13.2. The van der Waals surface area contributed by atoms with Crippen molar-refractivity contribution >= 4 is 5.97 Å². The number of carbonyl (C=O) groups excluding carboxylic acids is 1. The lowest BCUT2D eigenvalue weighted by atomic mass is 10.0. The number of unbranched alkanes of at least 4 members (excludes halogenated alkanes) is 29. The van der Waals surface area contributed by atoms with E-state index in [-0.39, 0.29) is 24.5 Å². The molecule has 0 heterocycles. The predicted octanol–water partition coefficient (Wildman–Crippen LogP) is 12.1. The van der Waals surface area contributed by atoms with Gasteiger partial charge in [-0.25, -0.2) is 0 Å². The third-order valence-electron chi connectivity index (χ3n) is 10.9. The zero-order valence-corrected chi connectivity index (χ0v) is 35.3. The predicted molar refractivity (Wildman–Crippen MR) is 215 cm³/mol. The molecular formula is C45H92ClNO2. The molecule has 0 N–H and O–H groups in total. The summed E-state index contributed by atoms with van der Waals surface area (Å²) in [6.07, 6.45) is 46.1. The van der Waals surface area contributed by atoms with Gasteiger partial charge >= 0.3 is 5.97 Å². The summed E-state index contributed by atoms with van der Waals surface area (Å²) in [5, 5.41) is 0. The number of likely N-dealkylation sites (N-methyl/N-ethyl adjacent to an activating group) is 1. The first-order valence-electron chi connectivity index (χ1n) is 22.5. The molecule has 0 bridgehead atoms. The maximum Gasteiger partial charge on any atom is 0.306 e. The molecule has 0 amide bonds. The summed E-state index contributed by atoms with van der Waals surface area (Å²) in [7, 11) is 2.49. The molecule has 0 aliphatic heterocycles. The first-order valence-corrected chi connectivity index (χ1v) is 22.5. The van der Waals surface area contributed by atoms with Crippen LogP contribution in [0.25, 0.3) is 0 Å². The Hall–Kier alpha value is -0.280. The molecule has 0 saturated carbocycles. The largest absolute Gasteiger partial charge is 1.00 e. The molecule has 49 heavy (non-hydrogen) atoms. The van der Waals surface area contributed by atoms with Crippen molar-refractivity contribution in [2.75, 3.05) is 26.7 Å². The minimum absolute atomic E-state index is 0. The Morgan fingerprint density at radius 1 is 0.429 bits per heavy atom. The van der Waals surface area contributed by atoms with Gasteiger partial charge in [-0.15, -0.1) is 0 Å². The highest BCUT2D eigenvalue weighted by Gasteiger charge is 2.28. The van der Waals surface area contributed by atoms with Crippen molar-refractivity contribution in [3.8, 4) is 0 Å². The normalized spacial score (nSPS) is 12.3. The van der Waals surface area contributed by atoms with Crippen LogP contribution in [-0.2, 0) is 9.53 Å². The number of hydrogen-bond acceptors (Lipinski definition) is 2. The summed E-state index contributed by atoms with van der Waals surface area (Å²) in [6, 6.07) is 0. The second kappa shape index (κ2) is 40.5. The molecule has 296 valence electrons. The van der Waals surface area contributed by atoms with Crippen molar-refractivity contribution in [3.63, 3.8) is 0 Å². The Labute approximate surface area is 316 Å². The third kappa shape index (κ3) is 37.3. The summed E-state index contributed by atoms with van der Waals surface area (Å²) >= 11 is 0. The van der Waals surface area contributed by atoms with E-state index in [1.54, 1.807) is 0 Å². The van der Waals surface area contributed by atoms with Crippen LogP contribution in [0.15, 0.2) is 0 Å². The Morgan fingerprint density at radius 2 is 0.714 bits per heavy atom. The maximum absolute atomic E-state index is 13.2. The van der Waals surface area contributed by atoms with E-state index in [9.17, 15) is 4.79 Å². The van der Waals surface area contributed by atoms with Gasteiger partial charge < -0.3 is 21.6 Å². The summed E-state index contributed by atoms with van der Waals surface area (Å²) in [5.41, 5.74) is 0. The number of ether oxygens (including phenoxy) is 1. The zero-order chi connectivity index (χ0) is 35.2. The monoisotopic (exact) mass is 714 g/mol. The fourth-order valence-electron chi connectivity index (χ4n) is 7.56. The molecule has 0 radical (unpaired) electrons. The van der Waals surface area contributed by atoms with Crippen LogP contribution in [-0.4, -0.2) is 43.2 Å². The average molecular weight is 715 g/mol. The molecular weight excluding hydrogens is 622 g/mol. The lowest BCUT2D eigenvalue weighted by molar-refractivity contribution is -0.912. The Morgan fingerprint density at radius 3 is 1.06 bits per heavy atom. The van der Waals surface area contributed by atoms with E-state index < -0.39 is 0 Å². The summed E-state index contributed by atoms with van der Waals surface area (Å²) < 4.78 is 7.48. The van der Waals surface area contributed by atoms with Crippen molar-refractivity contribution in [1.82, 2.24) is 0 Å². The van der Waals surface area contributed by atoms with E-state index in [0.29, 0.717) is 6.42 Å². The van der Waals surface area contributed by atoms with Crippen LogP contribution in [0.4, 0.5) is 0 Å². The average Bonchev–Trinajstić information content (AvgIpc) is 3.07. The van der Waals surface area contributed by atoms with Gasteiger partial charge in [0.1, 0.15) is 6.54 Å². The lowest BCUT2D eigenvalue weighted by Crippen LogP contribution is -3.00. The molecule has 1 unspecified atom stereocenters. The highest BCUT2D eigenvalue weighted by atomic mass is 35.5. The van der Waals surface area contributed by atoms with E-state index in [2.05, 4.69) is 34.7 Å². The minimum atomic E-state index is 0.